The molecule has 0 fully saturated rings. The first-order valence-corrected chi connectivity index (χ1v) is 13.0. The highest BCUT2D eigenvalue weighted by Gasteiger charge is 2.34. The first kappa shape index (κ1) is 27.6. The summed E-state index contributed by atoms with van der Waals surface area (Å²) in [5.74, 6) is 0.896. The molecule has 4 rings (SSSR count). The van der Waals surface area contributed by atoms with Crippen molar-refractivity contribution in [2.75, 3.05) is 43.6 Å². The number of carbonyl (C=O) groups is 2. The van der Waals surface area contributed by atoms with E-state index >= 15 is 0 Å². The van der Waals surface area contributed by atoms with E-state index in [0.717, 1.165) is 17.1 Å². The van der Waals surface area contributed by atoms with E-state index < -0.39 is 0 Å². The van der Waals surface area contributed by atoms with Crippen LogP contribution in [0.5, 0.6) is 0 Å². The van der Waals surface area contributed by atoms with Gasteiger partial charge in [-0.25, -0.2) is 4.98 Å². The van der Waals surface area contributed by atoms with Crippen LogP contribution in [0.2, 0.25) is 0 Å². The molecular formula is C29H34N6O4. The fourth-order valence-corrected chi connectivity index (χ4v) is 4.45. The van der Waals surface area contributed by atoms with Crippen LogP contribution in [-0.4, -0.2) is 78.9 Å². The third kappa shape index (κ3) is 6.70. The van der Waals surface area contributed by atoms with Gasteiger partial charge < -0.3 is 19.7 Å². The minimum Gasteiger partial charge on any atom is -0.478 e. The maximum Gasteiger partial charge on any atom is 0.307 e. The van der Waals surface area contributed by atoms with E-state index in [1.54, 1.807) is 31.3 Å². The number of hydrogen-bond acceptors (Lipinski definition) is 9. The molecule has 2 atom stereocenters. The monoisotopic (exact) mass is 530 g/mol. The number of nitrogens with zero attached hydrogens (tertiary/aromatic N) is 4. The molecule has 10 nitrogen and oxygen atoms in total. The second-order valence-corrected chi connectivity index (χ2v) is 9.01. The van der Waals surface area contributed by atoms with E-state index in [1.807, 2.05) is 56.5 Å². The fourth-order valence-electron chi connectivity index (χ4n) is 4.45. The molecule has 2 N–H and O–H groups in total. The Kier molecular flexibility index (Phi) is 9.09. The molecule has 2 aliphatic rings. The number of fused-ring (bicyclic) bond motifs is 1. The third-order valence-electron chi connectivity index (χ3n) is 6.47. The number of amidine groups is 1. The molecule has 1 aliphatic heterocycles. The van der Waals surface area contributed by atoms with Crippen molar-refractivity contribution in [1.29, 1.82) is 5.41 Å². The van der Waals surface area contributed by atoms with Crippen molar-refractivity contribution in [2.45, 2.75) is 32.4 Å². The van der Waals surface area contributed by atoms with Crippen LogP contribution in [0.1, 0.15) is 25.8 Å². The SMILES string of the molecule is CCOC(=N)c1ccc(NCC2=NC3C=C(C(=O)N(CCC(=O)OCC)c4ccccn4)C=CC3N2C)cc1. The summed E-state index contributed by atoms with van der Waals surface area (Å²) < 4.78 is 10.3. The lowest BCUT2D eigenvalue weighted by Crippen LogP contribution is -2.40. The minimum absolute atomic E-state index is 0.00947. The van der Waals surface area contributed by atoms with Gasteiger partial charge in [0.2, 0.25) is 5.90 Å². The zero-order chi connectivity index (χ0) is 27.8. The summed E-state index contributed by atoms with van der Waals surface area (Å²) in [6.07, 6.45) is 7.38. The number of aromatic nitrogens is 1. The summed E-state index contributed by atoms with van der Waals surface area (Å²) in [6, 6.07) is 12.6. The molecule has 1 amide bonds. The molecule has 204 valence electrons. The lowest BCUT2D eigenvalue weighted by atomic mass is 9.97. The van der Waals surface area contributed by atoms with Crippen LogP contribution in [0.15, 0.2) is 77.5 Å². The summed E-state index contributed by atoms with van der Waals surface area (Å²) in [4.78, 5) is 38.4. The topological polar surface area (TPSA) is 120 Å². The van der Waals surface area contributed by atoms with E-state index in [0.29, 0.717) is 31.1 Å². The highest BCUT2D eigenvalue weighted by atomic mass is 16.5. The number of hydrogen-bond donors (Lipinski definition) is 2. The molecule has 2 unspecified atom stereocenters. The minimum atomic E-state index is -0.360. The number of anilines is 2. The molecule has 0 saturated heterocycles. The number of benzene rings is 1. The molecule has 0 radical (unpaired) electrons. The highest BCUT2D eigenvalue weighted by molar-refractivity contribution is 6.07. The van der Waals surface area contributed by atoms with Gasteiger partial charge in [-0.15, -0.1) is 0 Å². The van der Waals surface area contributed by atoms with E-state index in [-0.39, 0.29) is 42.8 Å². The van der Waals surface area contributed by atoms with Gasteiger partial charge in [-0.2, -0.15) is 0 Å². The van der Waals surface area contributed by atoms with Crippen molar-refractivity contribution in [1.82, 2.24) is 9.88 Å². The van der Waals surface area contributed by atoms with Crippen LogP contribution in [0.4, 0.5) is 11.5 Å². The average Bonchev–Trinajstić information content (AvgIpc) is 3.27. The molecule has 2 aromatic rings. The molecule has 0 spiro atoms. The predicted molar refractivity (Wildman–Crippen MR) is 151 cm³/mol. The van der Waals surface area contributed by atoms with Crippen molar-refractivity contribution in [3.63, 3.8) is 0 Å². The number of esters is 1. The summed E-state index contributed by atoms with van der Waals surface area (Å²) in [5, 5.41) is 11.3. The third-order valence-corrected chi connectivity index (χ3v) is 6.47. The molecule has 1 aromatic carbocycles. The first-order valence-electron chi connectivity index (χ1n) is 13.0. The number of amides is 1. The average molecular weight is 531 g/mol. The van der Waals surface area contributed by atoms with Gasteiger partial charge in [-0.1, -0.05) is 18.2 Å². The van der Waals surface area contributed by atoms with Gasteiger partial charge in [0.25, 0.3) is 5.91 Å². The Labute approximate surface area is 228 Å². The molecule has 0 bridgehead atoms. The number of ether oxygens (including phenoxy) is 2. The van der Waals surface area contributed by atoms with Crippen molar-refractivity contribution in [2.24, 2.45) is 4.99 Å². The van der Waals surface area contributed by atoms with Crippen molar-refractivity contribution >= 4 is 35.1 Å². The standard InChI is InChI=1S/C29H34N6O4/c1-4-38-27(36)15-17-35(25-8-6-7-16-31-25)29(37)21-11-14-24-23(18-21)33-26(34(24)3)19-32-22-12-9-20(10-13-22)28(30)39-5-2/h6-14,16,18,23-24,30,32H,4-5,15,17,19H2,1-3H3. The van der Waals surface area contributed by atoms with Gasteiger partial charge in [-0.05, 0) is 56.3 Å². The largest absolute Gasteiger partial charge is 0.478 e. The first-order chi connectivity index (χ1) is 18.9. The van der Waals surface area contributed by atoms with E-state index in [2.05, 4.69) is 15.2 Å². The highest BCUT2D eigenvalue weighted by Crippen LogP contribution is 2.26. The number of nitrogens with one attached hydrogen (secondary N) is 2. The summed E-state index contributed by atoms with van der Waals surface area (Å²) >= 11 is 0. The summed E-state index contributed by atoms with van der Waals surface area (Å²) in [6.45, 7) is 5.03. The van der Waals surface area contributed by atoms with Crippen LogP contribution in [0.25, 0.3) is 0 Å². The van der Waals surface area contributed by atoms with Crippen LogP contribution >= 0.6 is 0 Å². The van der Waals surface area contributed by atoms with Gasteiger partial charge in [0, 0.05) is 36.6 Å². The molecule has 10 heteroatoms. The Hall–Kier alpha value is -4.47. The van der Waals surface area contributed by atoms with Crippen LogP contribution < -0.4 is 10.2 Å². The second-order valence-electron chi connectivity index (χ2n) is 9.01. The Morgan fingerprint density at radius 2 is 1.87 bits per heavy atom. The zero-order valence-electron chi connectivity index (χ0n) is 22.5. The smallest absolute Gasteiger partial charge is 0.307 e. The zero-order valence-corrected chi connectivity index (χ0v) is 22.5. The quantitative estimate of drug-likeness (QED) is 0.259. The number of rotatable bonds is 11. The Balaban J connectivity index is 1.44. The number of aliphatic imine (C=N–C) groups is 1. The Morgan fingerprint density at radius 3 is 2.56 bits per heavy atom. The molecular weight excluding hydrogens is 496 g/mol. The summed E-state index contributed by atoms with van der Waals surface area (Å²) in [5.41, 5.74) is 2.13. The van der Waals surface area contributed by atoms with Crippen LogP contribution in [-0.2, 0) is 19.1 Å². The molecule has 0 saturated carbocycles. The van der Waals surface area contributed by atoms with Crippen molar-refractivity contribution in [3.8, 4) is 0 Å². The van der Waals surface area contributed by atoms with Crippen LogP contribution in [0, 0.1) is 5.41 Å². The number of pyridine rings is 1. The number of likely N-dealkylation sites (N-methyl/N-ethyl adjacent to an activating group) is 1. The van der Waals surface area contributed by atoms with E-state index in [1.165, 1.54) is 4.90 Å². The van der Waals surface area contributed by atoms with Gasteiger partial charge in [0.1, 0.15) is 11.7 Å². The fraction of sp³-hybridized carbons (Fsp3) is 0.345. The molecule has 2 heterocycles. The van der Waals surface area contributed by atoms with Gasteiger partial charge in [0.15, 0.2) is 0 Å². The predicted octanol–water partition coefficient (Wildman–Crippen LogP) is 3.42. The van der Waals surface area contributed by atoms with Gasteiger partial charge in [0.05, 0.1) is 38.3 Å². The van der Waals surface area contributed by atoms with Gasteiger partial charge in [-0.3, -0.25) is 24.9 Å². The molecule has 39 heavy (non-hydrogen) atoms. The second kappa shape index (κ2) is 12.9. The lowest BCUT2D eigenvalue weighted by Gasteiger charge is -2.27. The van der Waals surface area contributed by atoms with E-state index in [4.69, 9.17) is 19.9 Å². The lowest BCUT2D eigenvalue weighted by molar-refractivity contribution is -0.142. The normalized spacial score (nSPS) is 17.6. The summed E-state index contributed by atoms with van der Waals surface area (Å²) in [7, 11) is 1.99. The molecule has 1 aromatic heterocycles. The van der Waals surface area contributed by atoms with E-state index in [9.17, 15) is 9.59 Å². The van der Waals surface area contributed by atoms with Crippen molar-refractivity contribution < 1.29 is 19.1 Å². The number of carbonyl (C=O) groups excluding carboxylic acids is 2. The maximum atomic E-state index is 13.6. The Bertz CT molecular complexity index is 1270. The maximum absolute atomic E-state index is 13.6. The van der Waals surface area contributed by atoms with Crippen LogP contribution in [0.3, 0.4) is 0 Å². The van der Waals surface area contributed by atoms with Crippen molar-refractivity contribution in [3.05, 3.63) is 78.0 Å². The molecule has 1 aliphatic carbocycles. The Morgan fingerprint density at radius 1 is 1.10 bits per heavy atom. The van der Waals surface area contributed by atoms with Gasteiger partial charge >= 0.3 is 5.97 Å².